The number of ether oxygens (including phenoxy) is 3. The highest BCUT2D eigenvalue weighted by atomic mass is 16.6. The van der Waals surface area contributed by atoms with Crippen molar-refractivity contribution in [2.24, 2.45) is 0 Å². The summed E-state index contributed by atoms with van der Waals surface area (Å²) in [4.78, 5) is 38.0. The van der Waals surface area contributed by atoms with Crippen LogP contribution in [0.15, 0.2) is 134 Å². The van der Waals surface area contributed by atoms with Gasteiger partial charge in [0, 0.05) is 19.3 Å². The van der Waals surface area contributed by atoms with Gasteiger partial charge < -0.3 is 14.2 Å². The maximum atomic E-state index is 12.9. The summed E-state index contributed by atoms with van der Waals surface area (Å²) in [5, 5.41) is 0. The van der Waals surface area contributed by atoms with Gasteiger partial charge in [-0.25, -0.2) is 0 Å². The average Bonchev–Trinajstić information content (AvgIpc) is 3.49. The van der Waals surface area contributed by atoms with Crippen LogP contribution >= 0.6 is 0 Å². The second-order valence-electron chi connectivity index (χ2n) is 22.7. The number of carbonyl (C=O) groups excluding carboxylic acids is 3. The first-order valence-corrected chi connectivity index (χ1v) is 34.7. The van der Waals surface area contributed by atoms with Crippen LogP contribution in [0.1, 0.15) is 316 Å². The molecular weight excluding hydrogens is 1020 g/mol. The van der Waals surface area contributed by atoms with Gasteiger partial charge in [0.25, 0.3) is 0 Å². The van der Waals surface area contributed by atoms with E-state index < -0.39 is 6.10 Å². The SMILES string of the molecule is CC/C=C\C/C=C\C/C=C\C/C=C\C/C=C\C/C=C\C/C=C\CCCCCCCCCCCCCC(=O)OCC(COC(=O)CCCCCCC)OC(=O)CCCCCCCCCCCCCCCC/C=C\C/C=C\C/C=C\C/C=C\CC. The highest BCUT2D eigenvalue weighted by Gasteiger charge is 2.19. The van der Waals surface area contributed by atoms with Crippen molar-refractivity contribution in [3.05, 3.63) is 134 Å². The molecule has 0 saturated heterocycles. The third-order valence-electron chi connectivity index (χ3n) is 14.7. The number of unbranched alkanes of at least 4 members (excludes halogenated alkanes) is 29. The maximum Gasteiger partial charge on any atom is 0.306 e. The fourth-order valence-corrected chi connectivity index (χ4v) is 9.53. The predicted molar refractivity (Wildman–Crippen MR) is 362 cm³/mol. The third kappa shape index (κ3) is 68.2. The van der Waals surface area contributed by atoms with Crippen LogP contribution in [-0.2, 0) is 28.6 Å². The summed E-state index contributed by atoms with van der Waals surface area (Å²) < 4.78 is 16.8. The van der Waals surface area contributed by atoms with Crippen LogP contribution in [0.3, 0.4) is 0 Å². The van der Waals surface area contributed by atoms with Crippen LogP contribution in [0.2, 0.25) is 0 Å². The number of hydrogen-bond acceptors (Lipinski definition) is 6. The van der Waals surface area contributed by atoms with Crippen molar-refractivity contribution in [2.45, 2.75) is 322 Å². The zero-order valence-electron chi connectivity index (χ0n) is 54.2. The number of rotatable bonds is 62. The molecule has 0 aliphatic rings. The van der Waals surface area contributed by atoms with Gasteiger partial charge in [-0.05, 0) is 116 Å². The summed E-state index contributed by atoms with van der Waals surface area (Å²) in [7, 11) is 0. The minimum atomic E-state index is -0.779. The molecule has 0 bridgehead atoms. The first-order valence-electron chi connectivity index (χ1n) is 34.7. The standard InChI is InChI=1S/C77H128O6/c1-4-7-10-13-15-17-19-21-23-25-27-29-31-33-35-36-37-38-39-40-42-43-45-47-49-51-53-55-57-59-61-64-67-70-76(79)82-73-74(72-81-75(78)69-66-63-12-9-6-3)83-77(80)71-68-65-62-60-58-56-54-52-50-48-46-44-41-34-32-30-28-26-24-22-20-18-16-14-11-8-5-2/h7-8,10-11,15-18,21-24,27-30,33,35,37-38,40,42,74H,4-6,9,12-14,19-20,25-26,31-32,34,36,39,41,43-73H2,1-3H3/b10-7-,11-8-,17-15-,18-16-,23-21-,24-22-,29-27-,30-28-,35-33-,38-37-,42-40-. The molecule has 0 aromatic carbocycles. The number of hydrogen-bond donors (Lipinski definition) is 0. The summed E-state index contributed by atoms with van der Waals surface area (Å²) in [6.45, 7) is 6.35. The van der Waals surface area contributed by atoms with E-state index in [9.17, 15) is 14.4 Å². The molecule has 0 aromatic heterocycles. The minimum absolute atomic E-state index is 0.0796. The summed E-state index contributed by atoms with van der Waals surface area (Å²) in [5.74, 6) is -0.890. The molecular formula is C77H128O6. The van der Waals surface area contributed by atoms with Crippen molar-refractivity contribution in [1.29, 1.82) is 0 Å². The Morgan fingerprint density at radius 1 is 0.253 bits per heavy atom. The molecule has 83 heavy (non-hydrogen) atoms. The summed E-state index contributed by atoms with van der Waals surface area (Å²) in [5.41, 5.74) is 0. The van der Waals surface area contributed by atoms with Crippen LogP contribution in [-0.4, -0.2) is 37.2 Å². The Morgan fingerprint density at radius 2 is 0.470 bits per heavy atom. The highest BCUT2D eigenvalue weighted by molar-refractivity contribution is 5.71. The molecule has 1 unspecified atom stereocenters. The van der Waals surface area contributed by atoms with Crippen molar-refractivity contribution in [1.82, 2.24) is 0 Å². The third-order valence-corrected chi connectivity index (χ3v) is 14.7. The van der Waals surface area contributed by atoms with Crippen LogP contribution in [0.25, 0.3) is 0 Å². The van der Waals surface area contributed by atoms with Crippen LogP contribution in [0.5, 0.6) is 0 Å². The van der Waals surface area contributed by atoms with Gasteiger partial charge in [0.15, 0.2) is 6.10 Å². The molecule has 0 aliphatic carbocycles. The lowest BCUT2D eigenvalue weighted by Gasteiger charge is -2.18. The van der Waals surface area contributed by atoms with Gasteiger partial charge in [0.1, 0.15) is 13.2 Å². The topological polar surface area (TPSA) is 78.9 Å². The molecule has 0 N–H and O–H groups in total. The van der Waals surface area contributed by atoms with Crippen molar-refractivity contribution in [3.63, 3.8) is 0 Å². The van der Waals surface area contributed by atoms with E-state index in [0.29, 0.717) is 19.3 Å². The van der Waals surface area contributed by atoms with Crippen molar-refractivity contribution >= 4 is 17.9 Å². The van der Waals surface area contributed by atoms with E-state index >= 15 is 0 Å². The molecule has 0 spiro atoms. The Morgan fingerprint density at radius 3 is 0.735 bits per heavy atom. The smallest absolute Gasteiger partial charge is 0.306 e. The fraction of sp³-hybridized carbons (Fsp3) is 0.675. The lowest BCUT2D eigenvalue weighted by Crippen LogP contribution is -2.30. The second-order valence-corrected chi connectivity index (χ2v) is 22.7. The largest absolute Gasteiger partial charge is 0.462 e. The van der Waals surface area contributed by atoms with Gasteiger partial charge in [-0.3, -0.25) is 14.4 Å². The Balaban J connectivity index is 4.02. The van der Waals surface area contributed by atoms with E-state index in [1.807, 2.05) is 0 Å². The molecule has 0 fully saturated rings. The molecule has 6 nitrogen and oxygen atoms in total. The van der Waals surface area contributed by atoms with Crippen molar-refractivity contribution in [3.8, 4) is 0 Å². The fourth-order valence-electron chi connectivity index (χ4n) is 9.53. The Kier molecular flexibility index (Phi) is 66.3. The molecule has 1 atom stereocenters. The van der Waals surface area contributed by atoms with Gasteiger partial charge in [0.05, 0.1) is 0 Å². The molecule has 6 heteroatoms. The van der Waals surface area contributed by atoms with Crippen molar-refractivity contribution < 1.29 is 28.6 Å². The molecule has 0 rings (SSSR count). The highest BCUT2D eigenvalue weighted by Crippen LogP contribution is 2.17. The zero-order valence-corrected chi connectivity index (χ0v) is 54.2. The van der Waals surface area contributed by atoms with Gasteiger partial charge in [-0.1, -0.05) is 315 Å². The molecule has 0 aliphatic heterocycles. The summed E-state index contributed by atoms with van der Waals surface area (Å²) >= 11 is 0. The van der Waals surface area contributed by atoms with Gasteiger partial charge in [0.2, 0.25) is 0 Å². The monoisotopic (exact) mass is 1150 g/mol. The van der Waals surface area contributed by atoms with Gasteiger partial charge >= 0.3 is 17.9 Å². The molecule has 0 saturated carbocycles. The van der Waals surface area contributed by atoms with Crippen LogP contribution in [0, 0.1) is 0 Å². The number of allylic oxidation sites excluding steroid dienone is 22. The van der Waals surface area contributed by atoms with Crippen molar-refractivity contribution in [2.75, 3.05) is 13.2 Å². The van der Waals surface area contributed by atoms with E-state index in [1.165, 1.54) is 141 Å². The quantitative estimate of drug-likeness (QED) is 0.0261. The predicted octanol–water partition coefficient (Wildman–Crippen LogP) is 24.1. The normalized spacial score (nSPS) is 13.0. The van der Waals surface area contributed by atoms with E-state index in [0.717, 1.165) is 135 Å². The van der Waals surface area contributed by atoms with Crippen LogP contribution < -0.4 is 0 Å². The number of carbonyl (C=O) groups is 3. The Bertz CT molecular complexity index is 1750. The Labute approximate surface area is 513 Å². The molecule has 0 aromatic rings. The molecule has 472 valence electrons. The van der Waals surface area contributed by atoms with Crippen LogP contribution in [0.4, 0.5) is 0 Å². The van der Waals surface area contributed by atoms with Gasteiger partial charge in [-0.2, -0.15) is 0 Å². The molecule has 0 radical (unpaired) electrons. The first-order chi connectivity index (χ1) is 41.0. The van der Waals surface area contributed by atoms with E-state index in [4.69, 9.17) is 14.2 Å². The second kappa shape index (κ2) is 70.0. The average molecular weight is 1150 g/mol. The minimum Gasteiger partial charge on any atom is -0.462 e. The maximum absolute atomic E-state index is 12.9. The van der Waals surface area contributed by atoms with E-state index in [-0.39, 0.29) is 31.1 Å². The van der Waals surface area contributed by atoms with E-state index in [2.05, 4.69) is 154 Å². The first kappa shape index (κ1) is 78.5. The summed E-state index contributed by atoms with van der Waals surface area (Å²) in [6.07, 6.45) is 99.5. The van der Waals surface area contributed by atoms with E-state index in [1.54, 1.807) is 0 Å². The molecule has 0 amide bonds. The molecule has 0 heterocycles. The van der Waals surface area contributed by atoms with Gasteiger partial charge in [-0.15, -0.1) is 0 Å². The Hall–Kier alpha value is -4.45. The zero-order chi connectivity index (χ0) is 59.9. The lowest BCUT2D eigenvalue weighted by molar-refractivity contribution is -0.167. The lowest BCUT2D eigenvalue weighted by atomic mass is 10.0. The number of esters is 3. The summed E-state index contributed by atoms with van der Waals surface area (Å²) in [6, 6.07) is 0.